The second-order valence-corrected chi connectivity index (χ2v) is 8.24. The highest BCUT2D eigenvalue weighted by molar-refractivity contribution is 5.98. The van der Waals surface area contributed by atoms with E-state index in [9.17, 15) is 13.6 Å². The molecule has 2 aliphatic heterocycles. The molecule has 1 amide bonds. The van der Waals surface area contributed by atoms with Gasteiger partial charge in [0.2, 0.25) is 0 Å². The topological polar surface area (TPSA) is 72.9 Å². The first kappa shape index (κ1) is 20.0. The average Bonchev–Trinajstić information content (AvgIpc) is 3.31. The number of carbonyl (C=O) groups is 1. The summed E-state index contributed by atoms with van der Waals surface area (Å²) < 4.78 is 41.8. The zero-order chi connectivity index (χ0) is 21.6. The lowest BCUT2D eigenvalue weighted by Crippen LogP contribution is -2.44. The first-order valence-corrected chi connectivity index (χ1v) is 10.3. The molecule has 1 N–H and O–H groups in total. The summed E-state index contributed by atoms with van der Waals surface area (Å²) in [6.07, 6.45) is -0.393. The third kappa shape index (κ3) is 3.78. The number of pyridine rings is 1. The van der Waals surface area contributed by atoms with Gasteiger partial charge in [-0.15, -0.1) is 8.78 Å². The van der Waals surface area contributed by atoms with Crippen LogP contribution in [0.4, 0.5) is 14.6 Å². The van der Waals surface area contributed by atoms with Gasteiger partial charge in [-0.3, -0.25) is 4.79 Å². The van der Waals surface area contributed by atoms with E-state index in [4.69, 9.17) is 4.74 Å². The van der Waals surface area contributed by atoms with Gasteiger partial charge in [-0.05, 0) is 48.9 Å². The van der Waals surface area contributed by atoms with Gasteiger partial charge in [0.05, 0.1) is 17.7 Å². The van der Waals surface area contributed by atoms with Gasteiger partial charge in [0.15, 0.2) is 11.5 Å². The molecule has 0 unspecified atom stereocenters. The van der Waals surface area contributed by atoms with E-state index in [2.05, 4.69) is 19.8 Å². The number of rotatable bonds is 4. The molecule has 1 aliphatic carbocycles. The van der Waals surface area contributed by atoms with Crippen LogP contribution in [0.3, 0.4) is 0 Å². The van der Waals surface area contributed by atoms with E-state index in [0.717, 1.165) is 18.7 Å². The van der Waals surface area contributed by atoms with Gasteiger partial charge >= 0.3 is 6.29 Å². The Kier molecular flexibility index (Phi) is 4.92. The first-order valence-electron chi connectivity index (χ1n) is 10.3. The van der Waals surface area contributed by atoms with Crippen molar-refractivity contribution < 1.29 is 27.8 Å². The van der Waals surface area contributed by atoms with E-state index >= 15 is 0 Å². The molecule has 9 heteroatoms. The smallest absolute Gasteiger partial charge is 0.395 e. The molecule has 2 fully saturated rings. The van der Waals surface area contributed by atoms with E-state index < -0.39 is 6.29 Å². The Balaban J connectivity index is 1.31. The van der Waals surface area contributed by atoms with Crippen LogP contribution in [0.2, 0.25) is 0 Å². The van der Waals surface area contributed by atoms with Gasteiger partial charge in [0.1, 0.15) is 5.82 Å². The number of nitrogens with one attached hydrogen (secondary N) is 1. The number of aromatic nitrogens is 1. The number of hydrogen-bond acceptors (Lipinski definition) is 6. The quantitative estimate of drug-likeness (QED) is 0.800. The summed E-state index contributed by atoms with van der Waals surface area (Å²) in [5, 5.41) is 3.45. The van der Waals surface area contributed by atoms with Crippen molar-refractivity contribution >= 4 is 11.7 Å². The van der Waals surface area contributed by atoms with Crippen molar-refractivity contribution in [3.63, 3.8) is 0 Å². The predicted molar refractivity (Wildman–Crippen MR) is 107 cm³/mol. The van der Waals surface area contributed by atoms with Gasteiger partial charge in [-0.1, -0.05) is 12.1 Å². The number of likely N-dealkylation sites (tertiary alicyclic amines) is 1. The zero-order valence-corrected chi connectivity index (χ0v) is 17.0. The number of anilines is 1. The molecular formula is C22H23F2N3O4. The third-order valence-corrected chi connectivity index (χ3v) is 6.36. The number of benzene rings is 1. The monoisotopic (exact) mass is 431 g/mol. The van der Waals surface area contributed by atoms with Crippen LogP contribution in [0, 0.1) is 11.8 Å². The number of halogens is 2. The summed E-state index contributed by atoms with van der Waals surface area (Å²) in [6, 6.07) is 10.2. The van der Waals surface area contributed by atoms with Crippen molar-refractivity contribution in [2.45, 2.75) is 31.3 Å². The van der Waals surface area contributed by atoms with E-state index in [0.29, 0.717) is 13.1 Å². The minimum Gasteiger partial charge on any atom is -0.395 e. The lowest BCUT2D eigenvalue weighted by atomic mass is 9.77. The Morgan fingerprint density at radius 1 is 1.16 bits per heavy atom. The molecule has 1 saturated heterocycles. The highest BCUT2D eigenvalue weighted by Crippen LogP contribution is 2.45. The van der Waals surface area contributed by atoms with Gasteiger partial charge in [0, 0.05) is 26.4 Å². The van der Waals surface area contributed by atoms with E-state index in [1.54, 1.807) is 18.2 Å². The second-order valence-electron chi connectivity index (χ2n) is 8.24. The minimum atomic E-state index is -3.76. The fourth-order valence-corrected chi connectivity index (χ4v) is 4.94. The Morgan fingerprint density at radius 3 is 2.71 bits per heavy atom. The average molecular weight is 431 g/mol. The van der Waals surface area contributed by atoms with Crippen LogP contribution in [0.15, 0.2) is 42.6 Å². The lowest BCUT2D eigenvalue weighted by molar-refractivity contribution is -0.286. The zero-order valence-electron chi connectivity index (χ0n) is 17.0. The number of fused-ring (bicyclic) bond motifs is 2. The van der Waals surface area contributed by atoms with E-state index in [1.165, 1.54) is 18.2 Å². The molecular weight excluding hydrogens is 408 g/mol. The molecule has 164 valence electrons. The fraction of sp³-hybridized carbons (Fsp3) is 0.455. The number of alkyl halides is 2. The predicted octanol–water partition coefficient (Wildman–Crippen LogP) is 3.38. The molecule has 4 atom stereocenters. The number of hydrogen-bond donors (Lipinski definition) is 1. The number of ether oxygens (including phenoxy) is 3. The summed E-state index contributed by atoms with van der Waals surface area (Å²) in [4.78, 5) is 19.2. The van der Waals surface area contributed by atoms with Crippen LogP contribution in [0.1, 0.15) is 23.2 Å². The number of nitrogens with zero attached hydrogens (tertiary/aromatic N) is 2. The fourth-order valence-electron chi connectivity index (χ4n) is 4.94. The molecule has 0 radical (unpaired) electrons. The lowest BCUT2D eigenvalue weighted by Gasteiger charge is -2.37. The summed E-state index contributed by atoms with van der Waals surface area (Å²) in [5.41, 5.74) is 0.0970. The van der Waals surface area contributed by atoms with E-state index in [-0.39, 0.29) is 47.0 Å². The molecule has 1 saturated carbocycles. The van der Waals surface area contributed by atoms with Gasteiger partial charge < -0.3 is 24.4 Å². The standard InChI is InChI=1S/C22H23F2N3O4/c1-29-18-10-14-12-27(11-13(14)9-16(18)26-19-7-2-3-8-25-19)21(28)15-5-4-6-17-20(15)31-22(23,24)30-17/h2-8,13-14,16,18H,9-12H2,1H3,(H,25,26)/t13-,14+,16-,18-/m1/s1. The Hall–Kier alpha value is -2.94. The highest BCUT2D eigenvalue weighted by Gasteiger charge is 2.47. The van der Waals surface area contributed by atoms with Crippen molar-refractivity contribution in [1.29, 1.82) is 0 Å². The van der Waals surface area contributed by atoms with Crippen LogP contribution in [0.25, 0.3) is 0 Å². The molecule has 3 aliphatic rings. The largest absolute Gasteiger partial charge is 0.586 e. The summed E-state index contributed by atoms with van der Waals surface area (Å²) in [7, 11) is 1.70. The van der Waals surface area contributed by atoms with E-state index in [1.807, 2.05) is 18.2 Å². The van der Waals surface area contributed by atoms with Gasteiger partial charge in [-0.2, -0.15) is 0 Å². The molecule has 7 nitrogen and oxygen atoms in total. The van der Waals surface area contributed by atoms with Crippen molar-refractivity contribution in [2.24, 2.45) is 11.8 Å². The van der Waals surface area contributed by atoms with Gasteiger partial charge in [0.25, 0.3) is 5.91 Å². The first-order chi connectivity index (χ1) is 14.9. The van der Waals surface area contributed by atoms with Gasteiger partial charge in [-0.25, -0.2) is 4.98 Å². The Bertz CT molecular complexity index is 974. The molecule has 5 rings (SSSR count). The van der Waals surface area contributed by atoms with Crippen LogP contribution in [-0.2, 0) is 4.74 Å². The summed E-state index contributed by atoms with van der Waals surface area (Å²) in [6.45, 7) is 1.11. The molecule has 1 aromatic heterocycles. The van der Waals surface area contributed by atoms with Crippen molar-refractivity contribution in [3.05, 3.63) is 48.2 Å². The number of para-hydroxylation sites is 1. The Morgan fingerprint density at radius 2 is 1.97 bits per heavy atom. The van der Waals surface area contributed by atoms with Crippen LogP contribution < -0.4 is 14.8 Å². The summed E-state index contributed by atoms with van der Waals surface area (Å²) >= 11 is 0. The normalized spacial score (nSPS) is 28.3. The number of carbonyl (C=O) groups excluding carboxylic acids is 1. The van der Waals surface area contributed by atoms with Crippen molar-refractivity contribution in [1.82, 2.24) is 9.88 Å². The number of methoxy groups -OCH3 is 1. The molecule has 31 heavy (non-hydrogen) atoms. The minimum absolute atomic E-state index is 0.00490. The maximum Gasteiger partial charge on any atom is 0.586 e. The van der Waals surface area contributed by atoms with Crippen molar-refractivity contribution in [2.75, 3.05) is 25.5 Å². The maximum absolute atomic E-state index is 13.5. The SMILES string of the molecule is CO[C@@H]1C[C@H]2CN(C(=O)c3cccc4c3OC(F)(F)O4)C[C@H]2C[C@H]1Nc1ccccn1. The molecule has 0 bridgehead atoms. The molecule has 2 aromatic rings. The Labute approximate surface area is 178 Å². The van der Waals surface area contributed by atoms with Crippen molar-refractivity contribution in [3.8, 4) is 11.5 Å². The van der Waals surface area contributed by atoms with Crippen LogP contribution >= 0.6 is 0 Å². The van der Waals surface area contributed by atoms with Crippen LogP contribution in [0.5, 0.6) is 11.5 Å². The molecule has 3 heterocycles. The number of amides is 1. The summed E-state index contributed by atoms with van der Waals surface area (Å²) in [5.74, 6) is 0.717. The van der Waals surface area contributed by atoms with Crippen LogP contribution in [-0.4, -0.2) is 54.4 Å². The maximum atomic E-state index is 13.5. The third-order valence-electron chi connectivity index (χ3n) is 6.36. The second kappa shape index (κ2) is 7.64. The molecule has 0 spiro atoms. The highest BCUT2D eigenvalue weighted by atomic mass is 19.3. The molecule has 1 aromatic carbocycles.